The summed E-state index contributed by atoms with van der Waals surface area (Å²) in [6.07, 6.45) is 0. The molecule has 0 spiro atoms. The maximum atomic E-state index is 11.0. The number of piperazine rings is 1. The molecule has 1 aliphatic heterocycles. The minimum absolute atomic E-state index is 0.0692. The van der Waals surface area contributed by atoms with Gasteiger partial charge in [-0.2, -0.15) is 0 Å². The van der Waals surface area contributed by atoms with Gasteiger partial charge in [0.05, 0.1) is 10.6 Å². The van der Waals surface area contributed by atoms with E-state index in [2.05, 4.69) is 15.1 Å². The number of hydrogen-bond donors (Lipinski definition) is 2. The van der Waals surface area contributed by atoms with Gasteiger partial charge in [0.1, 0.15) is 0 Å². The van der Waals surface area contributed by atoms with E-state index in [1.807, 2.05) is 24.3 Å². The molecule has 0 aromatic heterocycles. The highest BCUT2D eigenvalue weighted by Crippen LogP contribution is 2.22. The van der Waals surface area contributed by atoms with Gasteiger partial charge in [0.15, 0.2) is 5.11 Å². The zero-order valence-electron chi connectivity index (χ0n) is 13.8. The highest BCUT2D eigenvalue weighted by molar-refractivity contribution is 7.80. The van der Waals surface area contributed by atoms with Crippen LogP contribution < -0.4 is 10.2 Å². The zero-order valence-corrected chi connectivity index (χ0v) is 16.1. The molecule has 0 amide bonds. The monoisotopic (exact) mass is 409 g/mol. The van der Waals surface area contributed by atoms with Crippen LogP contribution in [0.5, 0.6) is 0 Å². The van der Waals surface area contributed by atoms with Crippen LogP contribution in [0.15, 0.2) is 42.5 Å². The summed E-state index contributed by atoms with van der Waals surface area (Å²) in [5.41, 5.74) is 1.88. The number of nitrogens with zero attached hydrogens (tertiary/aromatic N) is 2. The number of anilines is 2. The Bertz CT molecular complexity index is 822. The third-order valence-electron chi connectivity index (χ3n) is 4.21. The van der Waals surface area contributed by atoms with Crippen LogP contribution in [0.3, 0.4) is 0 Å². The Labute approximate surface area is 167 Å². The Kier molecular flexibility index (Phi) is 5.86. The molecule has 2 N–H and O–H groups in total. The lowest BCUT2D eigenvalue weighted by Crippen LogP contribution is -2.50. The Balaban J connectivity index is 1.57. The molecular formula is C18H17Cl2N3O2S. The van der Waals surface area contributed by atoms with Gasteiger partial charge in [-0.15, -0.1) is 0 Å². The minimum Gasteiger partial charge on any atom is -0.478 e. The van der Waals surface area contributed by atoms with Crippen LogP contribution in [0, 0.1) is 0 Å². The first-order valence-electron chi connectivity index (χ1n) is 8.03. The second-order valence-electron chi connectivity index (χ2n) is 5.88. The molecule has 0 unspecified atom stereocenters. The van der Waals surface area contributed by atoms with E-state index in [4.69, 9.17) is 40.5 Å². The van der Waals surface area contributed by atoms with Crippen molar-refractivity contribution >= 4 is 57.9 Å². The molecule has 5 nitrogen and oxygen atoms in total. The molecule has 1 heterocycles. The number of thiocarbonyl (C=S) groups is 1. The van der Waals surface area contributed by atoms with Crippen LogP contribution >= 0.6 is 35.4 Å². The molecular weight excluding hydrogens is 393 g/mol. The van der Waals surface area contributed by atoms with Crippen molar-refractivity contribution in [1.82, 2.24) is 4.90 Å². The average Bonchev–Trinajstić information content (AvgIpc) is 2.62. The summed E-state index contributed by atoms with van der Waals surface area (Å²) in [4.78, 5) is 15.4. The molecule has 8 heteroatoms. The lowest BCUT2D eigenvalue weighted by Gasteiger charge is -2.37. The van der Waals surface area contributed by atoms with Crippen LogP contribution in [0.4, 0.5) is 11.4 Å². The van der Waals surface area contributed by atoms with E-state index in [1.165, 1.54) is 6.07 Å². The SMILES string of the molecule is O=C(O)c1ccc(NC(=S)N2CCN(c3ccc(Cl)cc3)CC2)cc1Cl. The molecule has 136 valence electrons. The number of nitrogens with one attached hydrogen (secondary N) is 1. The Morgan fingerprint density at radius 3 is 2.27 bits per heavy atom. The predicted octanol–water partition coefficient (Wildman–Crippen LogP) is 4.21. The summed E-state index contributed by atoms with van der Waals surface area (Å²) < 4.78 is 0. The minimum atomic E-state index is -1.05. The number of hydrogen-bond acceptors (Lipinski definition) is 3. The third kappa shape index (κ3) is 4.38. The molecule has 1 aliphatic rings. The van der Waals surface area contributed by atoms with Gasteiger partial charge in [-0.05, 0) is 54.7 Å². The first-order chi connectivity index (χ1) is 12.4. The maximum Gasteiger partial charge on any atom is 0.337 e. The van der Waals surface area contributed by atoms with Crippen molar-refractivity contribution in [2.24, 2.45) is 0 Å². The highest BCUT2D eigenvalue weighted by Gasteiger charge is 2.19. The Morgan fingerprint density at radius 2 is 1.69 bits per heavy atom. The van der Waals surface area contributed by atoms with E-state index < -0.39 is 5.97 Å². The van der Waals surface area contributed by atoms with Crippen molar-refractivity contribution in [1.29, 1.82) is 0 Å². The fourth-order valence-electron chi connectivity index (χ4n) is 2.79. The molecule has 1 fully saturated rings. The second kappa shape index (κ2) is 8.12. The summed E-state index contributed by atoms with van der Waals surface area (Å²) in [6.45, 7) is 3.27. The van der Waals surface area contributed by atoms with Crippen molar-refractivity contribution in [2.75, 3.05) is 36.4 Å². The topological polar surface area (TPSA) is 55.8 Å². The molecule has 0 atom stereocenters. The summed E-state index contributed by atoms with van der Waals surface area (Å²) in [5, 5.41) is 13.7. The molecule has 1 saturated heterocycles. The first-order valence-corrected chi connectivity index (χ1v) is 9.20. The predicted molar refractivity (Wildman–Crippen MR) is 110 cm³/mol. The van der Waals surface area contributed by atoms with Crippen LogP contribution in [-0.2, 0) is 0 Å². The average molecular weight is 410 g/mol. The first kappa shape index (κ1) is 18.8. The maximum absolute atomic E-state index is 11.0. The second-order valence-corrected chi connectivity index (χ2v) is 7.11. The quantitative estimate of drug-likeness (QED) is 0.740. The zero-order chi connectivity index (χ0) is 18.7. The number of carbonyl (C=O) groups is 1. The van der Waals surface area contributed by atoms with Gasteiger partial charge >= 0.3 is 5.97 Å². The van der Waals surface area contributed by atoms with Gasteiger partial charge in [0, 0.05) is 42.6 Å². The fraction of sp³-hybridized carbons (Fsp3) is 0.222. The third-order valence-corrected chi connectivity index (χ3v) is 5.13. The molecule has 26 heavy (non-hydrogen) atoms. The van der Waals surface area contributed by atoms with Crippen LogP contribution in [0.2, 0.25) is 10.0 Å². The summed E-state index contributed by atoms with van der Waals surface area (Å²) in [7, 11) is 0. The van der Waals surface area contributed by atoms with Crippen molar-refractivity contribution in [3.63, 3.8) is 0 Å². The summed E-state index contributed by atoms with van der Waals surface area (Å²) in [6, 6.07) is 12.5. The van der Waals surface area contributed by atoms with Crippen molar-refractivity contribution in [3.05, 3.63) is 58.1 Å². The van der Waals surface area contributed by atoms with Gasteiger partial charge in [-0.1, -0.05) is 23.2 Å². The van der Waals surface area contributed by atoms with E-state index in [-0.39, 0.29) is 10.6 Å². The summed E-state index contributed by atoms with van der Waals surface area (Å²) in [5.74, 6) is -1.05. The summed E-state index contributed by atoms with van der Waals surface area (Å²) >= 11 is 17.4. The molecule has 3 rings (SSSR count). The number of carboxylic acids is 1. The molecule has 2 aromatic carbocycles. The van der Waals surface area contributed by atoms with Gasteiger partial charge in [-0.25, -0.2) is 4.79 Å². The normalized spacial score (nSPS) is 14.2. The van der Waals surface area contributed by atoms with E-state index in [9.17, 15) is 4.79 Å². The van der Waals surface area contributed by atoms with Gasteiger partial charge < -0.3 is 20.2 Å². The van der Waals surface area contributed by atoms with E-state index >= 15 is 0 Å². The molecule has 0 aliphatic carbocycles. The van der Waals surface area contributed by atoms with E-state index in [0.717, 1.165) is 36.9 Å². The van der Waals surface area contributed by atoms with Crippen molar-refractivity contribution < 1.29 is 9.90 Å². The molecule has 0 bridgehead atoms. The smallest absolute Gasteiger partial charge is 0.337 e. The van der Waals surface area contributed by atoms with E-state index in [1.54, 1.807) is 12.1 Å². The van der Waals surface area contributed by atoms with Crippen LogP contribution in [0.25, 0.3) is 0 Å². The van der Waals surface area contributed by atoms with Crippen LogP contribution in [-0.4, -0.2) is 47.3 Å². The van der Waals surface area contributed by atoms with Crippen LogP contribution in [0.1, 0.15) is 10.4 Å². The lowest BCUT2D eigenvalue weighted by atomic mass is 10.2. The number of aromatic carboxylic acids is 1. The molecule has 0 saturated carbocycles. The molecule has 0 radical (unpaired) electrons. The Morgan fingerprint density at radius 1 is 1.04 bits per heavy atom. The van der Waals surface area contributed by atoms with Crippen molar-refractivity contribution in [3.8, 4) is 0 Å². The Hall–Kier alpha value is -2.02. The lowest BCUT2D eigenvalue weighted by molar-refractivity contribution is 0.0697. The number of halogens is 2. The number of benzene rings is 2. The fourth-order valence-corrected chi connectivity index (χ4v) is 3.48. The van der Waals surface area contributed by atoms with Gasteiger partial charge in [-0.3, -0.25) is 0 Å². The number of carboxylic acid groups (broad SMARTS) is 1. The van der Waals surface area contributed by atoms with Crippen molar-refractivity contribution in [2.45, 2.75) is 0 Å². The standard InChI is InChI=1S/C18H17Cl2N3O2S/c19-12-1-4-14(5-2-12)22-7-9-23(10-8-22)18(26)21-13-3-6-15(17(24)25)16(20)11-13/h1-6,11H,7-10H2,(H,21,26)(H,24,25). The largest absolute Gasteiger partial charge is 0.478 e. The highest BCUT2D eigenvalue weighted by atomic mass is 35.5. The van der Waals surface area contributed by atoms with Gasteiger partial charge in [0.2, 0.25) is 0 Å². The number of rotatable bonds is 3. The van der Waals surface area contributed by atoms with E-state index in [0.29, 0.717) is 10.8 Å². The molecule has 2 aromatic rings. The van der Waals surface area contributed by atoms with Gasteiger partial charge in [0.25, 0.3) is 0 Å².